The van der Waals surface area contributed by atoms with Crippen LogP contribution >= 0.6 is 23.2 Å². The van der Waals surface area contributed by atoms with Gasteiger partial charge in [-0.15, -0.1) is 0 Å². The van der Waals surface area contributed by atoms with Crippen LogP contribution in [0, 0.1) is 5.92 Å². The average molecular weight is 256 g/mol. The van der Waals surface area contributed by atoms with Crippen molar-refractivity contribution >= 4 is 34.4 Å². The molecule has 2 heterocycles. The van der Waals surface area contributed by atoms with Crippen LogP contribution in [0.5, 0.6) is 0 Å². The maximum Gasteiger partial charge on any atom is 0.179 e. The first-order chi connectivity index (χ1) is 7.65. The molecule has 0 saturated heterocycles. The van der Waals surface area contributed by atoms with E-state index in [9.17, 15) is 0 Å². The summed E-state index contributed by atoms with van der Waals surface area (Å²) in [5, 5.41) is 0.773. The highest BCUT2D eigenvalue weighted by Crippen LogP contribution is 2.41. The number of fused-ring (bicyclic) bond motifs is 1. The monoisotopic (exact) mass is 255 g/mol. The zero-order valence-electron chi connectivity index (χ0n) is 8.80. The van der Waals surface area contributed by atoms with E-state index >= 15 is 0 Å². The van der Waals surface area contributed by atoms with Crippen LogP contribution < -0.4 is 0 Å². The molecule has 16 heavy (non-hydrogen) atoms. The van der Waals surface area contributed by atoms with Crippen molar-refractivity contribution in [2.45, 2.75) is 25.7 Å². The standard InChI is InChI=1S/C11H11Cl2N3/c1-5(6-2-3-6)10-14-8-4-7(12)9(13)15-11(8)16-10/h4-6H,2-3H2,1H3,(H,14,15,16). The first kappa shape index (κ1) is 10.4. The van der Waals surface area contributed by atoms with E-state index in [0.29, 0.717) is 21.7 Å². The first-order valence-corrected chi connectivity index (χ1v) is 6.12. The van der Waals surface area contributed by atoms with Crippen LogP contribution in [0.15, 0.2) is 6.07 Å². The van der Waals surface area contributed by atoms with Gasteiger partial charge < -0.3 is 4.98 Å². The highest BCUT2D eigenvalue weighted by atomic mass is 35.5. The van der Waals surface area contributed by atoms with Crippen LogP contribution in [-0.2, 0) is 0 Å². The Hall–Kier alpha value is -0.800. The Morgan fingerprint density at radius 1 is 1.38 bits per heavy atom. The topological polar surface area (TPSA) is 41.6 Å². The van der Waals surface area contributed by atoms with Gasteiger partial charge in [0.1, 0.15) is 11.0 Å². The molecule has 1 N–H and O–H groups in total. The third-order valence-electron chi connectivity index (χ3n) is 3.16. The lowest BCUT2D eigenvalue weighted by molar-refractivity contribution is 0.630. The van der Waals surface area contributed by atoms with Crippen molar-refractivity contribution in [2.75, 3.05) is 0 Å². The summed E-state index contributed by atoms with van der Waals surface area (Å²) in [6.45, 7) is 2.19. The summed E-state index contributed by atoms with van der Waals surface area (Å²) in [6, 6.07) is 1.78. The number of H-pyrrole nitrogens is 1. The molecule has 1 unspecified atom stereocenters. The van der Waals surface area contributed by atoms with Crippen LogP contribution in [0.25, 0.3) is 11.2 Å². The number of halogens is 2. The van der Waals surface area contributed by atoms with Crippen LogP contribution in [0.1, 0.15) is 31.5 Å². The second-order valence-corrected chi connectivity index (χ2v) is 5.15. The first-order valence-electron chi connectivity index (χ1n) is 5.37. The Morgan fingerprint density at radius 3 is 2.81 bits per heavy atom. The van der Waals surface area contributed by atoms with E-state index in [0.717, 1.165) is 17.3 Å². The van der Waals surface area contributed by atoms with Gasteiger partial charge in [0.2, 0.25) is 0 Å². The van der Waals surface area contributed by atoms with Crippen molar-refractivity contribution in [1.82, 2.24) is 15.0 Å². The number of nitrogens with zero attached hydrogens (tertiary/aromatic N) is 2. The lowest BCUT2D eigenvalue weighted by Gasteiger charge is -2.03. The predicted octanol–water partition coefficient (Wildman–Crippen LogP) is 3.78. The molecule has 3 nitrogen and oxygen atoms in total. The van der Waals surface area contributed by atoms with Gasteiger partial charge in [0.15, 0.2) is 5.65 Å². The van der Waals surface area contributed by atoms with Crippen LogP contribution in [0.4, 0.5) is 0 Å². The van der Waals surface area contributed by atoms with E-state index in [1.54, 1.807) is 6.07 Å². The maximum atomic E-state index is 5.91. The summed E-state index contributed by atoms with van der Waals surface area (Å²) < 4.78 is 0. The van der Waals surface area contributed by atoms with E-state index in [4.69, 9.17) is 23.2 Å². The Kier molecular flexibility index (Phi) is 2.33. The molecule has 0 aliphatic heterocycles. The minimum absolute atomic E-state index is 0.311. The van der Waals surface area contributed by atoms with Crippen molar-refractivity contribution in [3.8, 4) is 0 Å². The summed E-state index contributed by atoms with van der Waals surface area (Å²) in [5.41, 5.74) is 1.51. The van der Waals surface area contributed by atoms with Crippen molar-refractivity contribution in [2.24, 2.45) is 5.92 Å². The van der Waals surface area contributed by atoms with E-state index in [1.165, 1.54) is 12.8 Å². The van der Waals surface area contributed by atoms with Gasteiger partial charge in [0.05, 0.1) is 10.5 Å². The molecule has 0 aromatic carbocycles. The fourth-order valence-electron chi connectivity index (χ4n) is 1.95. The molecule has 1 saturated carbocycles. The van der Waals surface area contributed by atoms with Crippen molar-refractivity contribution in [3.63, 3.8) is 0 Å². The van der Waals surface area contributed by atoms with Crippen molar-refractivity contribution in [1.29, 1.82) is 0 Å². The number of pyridine rings is 1. The minimum Gasteiger partial charge on any atom is -0.340 e. The molecule has 84 valence electrons. The lowest BCUT2D eigenvalue weighted by Crippen LogP contribution is -1.97. The molecule has 1 atom stereocenters. The molecule has 0 amide bonds. The van der Waals surface area contributed by atoms with Crippen molar-refractivity contribution in [3.05, 3.63) is 22.1 Å². The van der Waals surface area contributed by atoms with Crippen LogP contribution in [0.2, 0.25) is 10.2 Å². The molecule has 1 aliphatic carbocycles. The van der Waals surface area contributed by atoms with Crippen LogP contribution in [-0.4, -0.2) is 15.0 Å². The smallest absolute Gasteiger partial charge is 0.179 e. The Morgan fingerprint density at radius 2 is 2.12 bits per heavy atom. The molecule has 5 heteroatoms. The number of rotatable bonds is 2. The molecule has 2 aromatic rings. The molecular formula is C11H11Cl2N3. The van der Waals surface area contributed by atoms with Gasteiger partial charge in [0.25, 0.3) is 0 Å². The van der Waals surface area contributed by atoms with E-state index < -0.39 is 0 Å². The quantitative estimate of drug-likeness (QED) is 0.831. The Labute approximate surface area is 103 Å². The van der Waals surface area contributed by atoms with Gasteiger partial charge in [-0.05, 0) is 24.8 Å². The number of hydrogen-bond donors (Lipinski definition) is 1. The van der Waals surface area contributed by atoms with Crippen LogP contribution in [0.3, 0.4) is 0 Å². The molecule has 0 spiro atoms. The molecule has 2 aromatic heterocycles. The largest absolute Gasteiger partial charge is 0.340 e. The number of nitrogens with one attached hydrogen (secondary N) is 1. The number of aromatic amines is 1. The summed E-state index contributed by atoms with van der Waals surface area (Å²) in [7, 11) is 0. The van der Waals surface area contributed by atoms with Gasteiger partial charge >= 0.3 is 0 Å². The second kappa shape index (κ2) is 3.60. The summed E-state index contributed by atoms with van der Waals surface area (Å²) >= 11 is 11.8. The van der Waals surface area contributed by atoms with Gasteiger partial charge in [-0.25, -0.2) is 9.97 Å². The zero-order chi connectivity index (χ0) is 11.3. The van der Waals surface area contributed by atoms with Gasteiger partial charge in [0, 0.05) is 5.92 Å². The van der Waals surface area contributed by atoms with E-state index in [-0.39, 0.29) is 0 Å². The highest BCUT2D eigenvalue weighted by molar-refractivity contribution is 6.41. The van der Waals surface area contributed by atoms with Gasteiger partial charge in [-0.1, -0.05) is 30.1 Å². The number of imidazole rings is 1. The maximum absolute atomic E-state index is 5.91. The SMILES string of the molecule is CC(c1nc2nc(Cl)c(Cl)cc2[nH]1)C1CC1. The minimum atomic E-state index is 0.311. The lowest BCUT2D eigenvalue weighted by atomic mass is 10.1. The molecule has 3 rings (SSSR count). The second-order valence-electron chi connectivity index (χ2n) is 4.38. The third kappa shape index (κ3) is 1.68. The Bertz CT molecular complexity index is 506. The Balaban J connectivity index is 2.07. The summed E-state index contributed by atoms with van der Waals surface area (Å²) in [4.78, 5) is 11.9. The van der Waals surface area contributed by atoms with Gasteiger partial charge in [-0.2, -0.15) is 0 Å². The number of hydrogen-bond acceptors (Lipinski definition) is 2. The fraction of sp³-hybridized carbons (Fsp3) is 0.455. The zero-order valence-corrected chi connectivity index (χ0v) is 10.3. The fourth-order valence-corrected chi connectivity index (χ4v) is 2.24. The summed E-state index contributed by atoms with van der Waals surface area (Å²) in [5.74, 6) is 2.22. The normalized spacial score (nSPS) is 17.9. The van der Waals surface area contributed by atoms with Crippen molar-refractivity contribution < 1.29 is 0 Å². The third-order valence-corrected chi connectivity index (χ3v) is 3.84. The highest BCUT2D eigenvalue weighted by Gasteiger charge is 2.30. The average Bonchev–Trinajstić information content (AvgIpc) is 3.01. The van der Waals surface area contributed by atoms with E-state index in [1.807, 2.05) is 0 Å². The molecule has 0 radical (unpaired) electrons. The predicted molar refractivity (Wildman–Crippen MR) is 65.0 cm³/mol. The molecule has 1 fully saturated rings. The molecule has 0 bridgehead atoms. The van der Waals surface area contributed by atoms with E-state index in [2.05, 4.69) is 21.9 Å². The number of aromatic nitrogens is 3. The molecule has 1 aliphatic rings. The van der Waals surface area contributed by atoms with Gasteiger partial charge in [-0.3, -0.25) is 0 Å². The summed E-state index contributed by atoms with van der Waals surface area (Å²) in [6.07, 6.45) is 2.60. The molecular weight excluding hydrogens is 245 g/mol.